The minimum Gasteiger partial charge on any atom is -0.488 e. The number of aromatic nitrogens is 3. The van der Waals surface area contributed by atoms with Gasteiger partial charge in [-0.15, -0.1) is 0 Å². The Hall–Kier alpha value is -3.19. The Balaban J connectivity index is 1.35. The van der Waals surface area contributed by atoms with E-state index in [0.29, 0.717) is 25.4 Å². The van der Waals surface area contributed by atoms with Crippen LogP contribution in [-0.4, -0.2) is 45.3 Å². The van der Waals surface area contributed by atoms with E-state index in [1.54, 1.807) is 6.20 Å². The lowest BCUT2D eigenvalue weighted by atomic mass is 9.95. The Morgan fingerprint density at radius 1 is 1.12 bits per heavy atom. The third-order valence-electron chi connectivity index (χ3n) is 6.11. The molecule has 1 fully saturated rings. The summed E-state index contributed by atoms with van der Waals surface area (Å²) in [7, 11) is 0. The molecule has 0 bridgehead atoms. The van der Waals surface area contributed by atoms with Gasteiger partial charge in [0.2, 0.25) is 0 Å². The van der Waals surface area contributed by atoms with Crippen molar-refractivity contribution in [2.75, 3.05) is 13.2 Å². The number of aryl methyl sites for hydroxylation is 1. The second-order valence-electron chi connectivity index (χ2n) is 8.47. The summed E-state index contributed by atoms with van der Waals surface area (Å²) in [6, 6.07) is 13.7. The zero-order valence-electron chi connectivity index (χ0n) is 18.1. The fourth-order valence-corrected chi connectivity index (χ4v) is 4.39. The van der Waals surface area contributed by atoms with Gasteiger partial charge >= 0.3 is 0 Å². The molecule has 2 aliphatic rings. The Labute approximate surface area is 187 Å². The van der Waals surface area contributed by atoms with Crippen molar-refractivity contribution in [2.45, 2.75) is 51.3 Å². The zero-order chi connectivity index (χ0) is 21.8. The molecular formula is C25H28N4O3. The van der Waals surface area contributed by atoms with Crippen molar-refractivity contribution in [3.63, 3.8) is 0 Å². The van der Waals surface area contributed by atoms with Crippen molar-refractivity contribution in [3.8, 4) is 5.75 Å². The molecule has 1 N–H and O–H groups in total. The van der Waals surface area contributed by atoms with Crippen molar-refractivity contribution in [3.05, 3.63) is 76.9 Å². The van der Waals surface area contributed by atoms with Crippen LogP contribution in [0.1, 0.15) is 52.3 Å². The fourth-order valence-electron chi connectivity index (χ4n) is 4.39. The topological polar surface area (TPSA) is 80.3 Å². The average molecular weight is 433 g/mol. The number of aromatic amines is 1. The van der Waals surface area contributed by atoms with Crippen molar-refractivity contribution in [1.29, 1.82) is 0 Å². The predicted octanol–water partition coefficient (Wildman–Crippen LogP) is 3.69. The quantitative estimate of drug-likeness (QED) is 0.616. The van der Waals surface area contributed by atoms with Crippen LogP contribution in [0.2, 0.25) is 0 Å². The number of nitrogens with zero attached hydrogens (tertiary/aromatic N) is 3. The van der Waals surface area contributed by atoms with Crippen LogP contribution in [-0.2, 0) is 30.7 Å². The molecular weight excluding hydrogens is 404 g/mol. The maximum absolute atomic E-state index is 13.6. The molecule has 1 atom stereocenters. The van der Waals surface area contributed by atoms with E-state index in [-0.39, 0.29) is 12.0 Å². The second-order valence-corrected chi connectivity index (χ2v) is 8.47. The molecule has 166 valence electrons. The number of hydrogen-bond donors (Lipinski definition) is 1. The van der Waals surface area contributed by atoms with Crippen LogP contribution in [0.5, 0.6) is 5.75 Å². The summed E-state index contributed by atoms with van der Waals surface area (Å²) in [5.41, 5.74) is 4.63. The van der Waals surface area contributed by atoms with E-state index in [9.17, 15) is 4.79 Å². The number of H-pyrrole nitrogens is 1. The third-order valence-corrected chi connectivity index (χ3v) is 6.11. The summed E-state index contributed by atoms with van der Waals surface area (Å²) < 4.78 is 11.3. The van der Waals surface area contributed by atoms with Gasteiger partial charge in [0.15, 0.2) is 5.69 Å². The van der Waals surface area contributed by atoms with E-state index in [4.69, 9.17) is 9.47 Å². The maximum Gasteiger partial charge on any atom is 0.275 e. The maximum atomic E-state index is 13.6. The lowest BCUT2D eigenvalue weighted by Gasteiger charge is -2.23. The van der Waals surface area contributed by atoms with Gasteiger partial charge in [0.25, 0.3) is 5.91 Å². The highest BCUT2D eigenvalue weighted by Gasteiger charge is 2.26. The molecule has 3 heterocycles. The number of amides is 1. The highest BCUT2D eigenvalue weighted by molar-refractivity contribution is 5.94. The Morgan fingerprint density at radius 2 is 2.00 bits per heavy atom. The van der Waals surface area contributed by atoms with Gasteiger partial charge in [-0.25, -0.2) is 0 Å². The van der Waals surface area contributed by atoms with Gasteiger partial charge in [-0.1, -0.05) is 18.2 Å². The van der Waals surface area contributed by atoms with Gasteiger partial charge in [-0.2, -0.15) is 5.10 Å². The molecule has 1 saturated heterocycles. The molecule has 2 aromatic heterocycles. The molecule has 3 aromatic rings. The Bertz CT molecular complexity index is 1040. The molecule has 1 amide bonds. The smallest absolute Gasteiger partial charge is 0.275 e. The number of nitrogens with one attached hydrogen (secondary N) is 1. The first-order valence-electron chi connectivity index (χ1n) is 11.3. The van der Waals surface area contributed by atoms with Crippen LogP contribution in [0.15, 0.2) is 48.7 Å². The van der Waals surface area contributed by atoms with Crippen LogP contribution in [0.25, 0.3) is 0 Å². The van der Waals surface area contributed by atoms with Gasteiger partial charge in [-0.05, 0) is 55.5 Å². The monoisotopic (exact) mass is 432 g/mol. The normalized spacial score (nSPS) is 17.7. The number of fused-ring (bicyclic) bond motifs is 1. The van der Waals surface area contributed by atoms with Gasteiger partial charge in [0.1, 0.15) is 11.9 Å². The van der Waals surface area contributed by atoms with E-state index >= 15 is 0 Å². The summed E-state index contributed by atoms with van der Waals surface area (Å²) in [4.78, 5) is 19.8. The third kappa shape index (κ3) is 4.67. The van der Waals surface area contributed by atoms with Crippen LogP contribution >= 0.6 is 0 Å². The molecule has 0 saturated carbocycles. The molecule has 32 heavy (non-hydrogen) atoms. The average Bonchev–Trinajstić information content (AvgIpc) is 3.50. The fraction of sp³-hybridized carbons (Fsp3) is 0.400. The van der Waals surface area contributed by atoms with Crippen LogP contribution < -0.4 is 4.74 Å². The van der Waals surface area contributed by atoms with E-state index in [2.05, 4.69) is 15.2 Å². The van der Waals surface area contributed by atoms with Gasteiger partial charge < -0.3 is 14.4 Å². The minimum atomic E-state index is -0.0570. The van der Waals surface area contributed by atoms with E-state index in [1.165, 1.54) is 0 Å². The lowest BCUT2D eigenvalue weighted by Crippen LogP contribution is -2.31. The number of carbonyl (C=O) groups excluding carboxylic acids is 1. The number of benzene rings is 1. The van der Waals surface area contributed by atoms with Crippen molar-refractivity contribution in [1.82, 2.24) is 20.1 Å². The number of pyridine rings is 1. The molecule has 7 heteroatoms. The molecule has 7 nitrogen and oxygen atoms in total. The Morgan fingerprint density at radius 3 is 2.78 bits per heavy atom. The highest BCUT2D eigenvalue weighted by Crippen LogP contribution is 2.25. The van der Waals surface area contributed by atoms with Crippen molar-refractivity contribution in [2.24, 2.45) is 0 Å². The summed E-state index contributed by atoms with van der Waals surface area (Å²) in [6.45, 7) is 2.30. The first-order chi connectivity index (χ1) is 15.8. The zero-order valence-corrected chi connectivity index (χ0v) is 18.1. The summed E-state index contributed by atoms with van der Waals surface area (Å²) in [5, 5.41) is 7.50. The lowest BCUT2D eigenvalue weighted by molar-refractivity contribution is 0.0720. The molecule has 1 aromatic carbocycles. The first kappa shape index (κ1) is 20.7. The highest BCUT2D eigenvalue weighted by atomic mass is 16.5. The van der Waals surface area contributed by atoms with E-state index < -0.39 is 0 Å². The molecule has 0 unspecified atom stereocenters. The van der Waals surface area contributed by atoms with Gasteiger partial charge in [0, 0.05) is 30.4 Å². The predicted molar refractivity (Wildman–Crippen MR) is 119 cm³/mol. The Kier molecular flexibility index (Phi) is 6.16. The summed E-state index contributed by atoms with van der Waals surface area (Å²) >= 11 is 0. The number of carbonyl (C=O) groups is 1. The number of hydrogen-bond acceptors (Lipinski definition) is 5. The van der Waals surface area contributed by atoms with Crippen LogP contribution in [0.3, 0.4) is 0 Å². The summed E-state index contributed by atoms with van der Waals surface area (Å²) in [6.07, 6.45) is 6.90. The largest absolute Gasteiger partial charge is 0.488 e. The van der Waals surface area contributed by atoms with Crippen LogP contribution in [0.4, 0.5) is 0 Å². The number of rotatable bonds is 7. The van der Waals surface area contributed by atoms with Crippen molar-refractivity contribution < 1.29 is 14.3 Å². The number of ether oxygens (including phenoxy) is 2. The van der Waals surface area contributed by atoms with E-state index in [0.717, 1.165) is 67.0 Å². The van der Waals surface area contributed by atoms with E-state index in [1.807, 2.05) is 47.4 Å². The van der Waals surface area contributed by atoms with Gasteiger partial charge in [0.05, 0.1) is 25.5 Å². The standard InChI is InChI=1S/C25H28N4O3/c30-25(24-22-6-1-2-7-23(22)27-28-24)29(16-19-5-3-4-13-26-19)15-18-8-10-20(11-9-18)32-21-12-14-31-17-21/h3-5,8-11,13,21H,1-2,6-7,12,14-17H2,(H,27,28)/t21-/m0/s1. The molecule has 1 aliphatic heterocycles. The first-order valence-corrected chi connectivity index (χ1v) is 11.3. The second kappa shape index (κ2) is 9.53. The summed E-state index contributed by atoms with van der Waals surface area (Å²) in [5.74, 6) is 0.770. The van der Waals surface area contributed by atoms with Crippen molar-refractivity contribution >= 4 is 5.91 Å². The molecule has 1 aliphatic carbocycles. The molecule has 0 radical (unpaired) electrons. The molecule has 0 spiro atoms. The SMILES string of the molecule is O=C(c1n[nH]c2c1CCCC2)N(Cc1ccc(O[C@H]2CCOC2)cc1)Cc1ccccn1. The molecule has 5 rings (SSSR count). The minimum absolute atomic E-state index is 0.0570. The van der Waals surface area contributed by atoms with Crippen LogP contribution in [0, 0.1) is 0 Å². The van der Waals surface area contributed by atoms with Gasteiger partial charge in [-0.3, -0.25) is 14.9 Å².